The SMILES string of the molecule is CCCCC(CC)CN1CCc2sccc2C1C(=O)O. The molecule has 1 aliphatic heterocycles. The normalized spacial score (nSPS) is 20.6. The zero-order chi connectivity index (χ0) is 14.5. The van der Waals surface area contributed by atoms with Gasteiger partial charge in [0.15, 0.2) is 0 Å². The lowest BCUT2D eigenvalue weighted by molar-refractivity contribution is -0.144. The van der Waals surface area contributed by atoms with Gasteiger partial charge in [0.25, 0.3) is 0 Å². The van der Waals surface area contributed by atoms with Crippen LogP contribution in [-0.2, 0) is 11.2 Å². The van der Waals surface area contributed by atoms with Gasteiger partial charge >= 0.3 is 5.97 Å². The smallest absolute Gasteiger partial charge is 0.325 e. The molecule has 1 N–H and O–H groups in total. The summed E-state index contributed by atoms with van der Waals surface area (Å²) in [4.78, 5) is 15.1. The van der Waals surface area contributed by atoms with E-state index in [2.05, 4.69) is 18.7 Å². The lowest BCUT2D eigenvalue weighted by atomic mass is 9.94. The fourth-order valence-corrected chi connectivity index (χ4v) is 4.01. The van der Waals surface area contributed by atoms with E-state index >= 15 is 0 Å². The molecule has 1 aromatic heterocycles. The Kier molecular flexibility index (Phi) is 5.61. The number of hydrogen-bond donors (Lipinski definition) is 1. The van der Waals surface area contributed by atoms with E-state index in [1.807, 2.05) is 11.4 Å². The molecular weight excluding hydrogens is 270 g/mol. The second-order valence-electron chi connectivity index (χ2n) is 5.70. The topological polar surface area (TPSA) is 40.5 Å². The molecule has 2 rings (SSSR count). The van der Waals surface area contributed by atoms with E-state index in [4.69, 9.17) is 0 Å². The highest BCUT2D eigenvalue weighted by Gasteiger charge is 2.34. The first kappa shape index (κ1) is 15.5. The largest absolute Gasteiger partial charge is 0.480 e. The average molecular weight is 295 g/mol. The van der Waals surface area contributed by atoms with Crippen molar-refractivity contribution in [1.29, 1.82) is 0 Å². The highest BCUT2D eigenvalue weighted by Crippen LogP contribution is 2.34. The van der Waals surface area contributed by atoms with Crippen LogP contribution in [0, 0.1) is 5.92 Å². The Hall–Kier alpha value is -0.870. The van der Waals surface area contributed by atoms with Crippen LogP contribution in [0.2, 0.25) is 0 Å². The monoisotopic (exact) mass is 295 g/mol. The number of fused-ring (bicyclic) bond motifs is 1. The highest BCUT2D eigenvalue weighted by molar-refractivity contribution is 7.10. The molecule has 0 aliphatic carbocycles. The summed E-state index contributed by atoms with van der Waals surface area (Å²) < 4.78 is 0. The summed E-state index contributed by atoms with van der Waals surface area (Å²) in [6.07, 6.45) is 5.81. The molecule has 0 fully saturated rings. The van der Waals surface area contributed by atoms with E-state index < -0.39 is 12.0 Å². The van der Waals surface area contributed by atoms with Gasteiger partial charge in [0.1, 0.15) is 6.04 Å². The molecular formula is C16H25NO2S. The summed E-state index contributed by atoms with van der Waals surface area (Å²) in [6.45, 7) is 6.23. The van der Waals surface area contributed by atoms with Crippen molar-refractivity contribution in [3.05, 3.63) is 21.9 Å². The fourth-order valence-electron chi connectivity index (χ4n) is 3.10. The van der Waals surface area contributed by atoms with Gasteiger partial charge in [-0.2, -0.15) is 0 Å². The standard InChI is InChI=1S/C16H25NO2S/c1-3-5-6-12(4-2)11-17-9-7-14-13(8-10-20-14)15(17)16(18)19/h8,10,12,15H,3-7,9,11H2,1-2H3,(H,18,19). The summed E-state index contributed by atoms with van der Waals surface area (Å²) in [5.41, 5.74) is 1.03. The van der Waals surface area contributed by atoms with Crippen molar-refractivity contribution in [1.82, 2.24) is 4.90 Å². The molecule has 0 aromatic carbocycles. The summed E-state index contributed by atoms with van der Waals surface area (Å²) in [7, 11) is 0. The summed E-state index contributed by atoms with van der Waals surface area (Å²) >= 11 is 1.70. The predicted octanol–water partition coefficient (Wildman–Crippen LogP) is 3.95. The van der Waals surface area contributed by atoms with Crippen LogP contribution < -0.4 is 0 Å². The molecule has 2 atom stereocenters. The Bertz CT molecular complexity index is 443. The average Bonchev–Trinajstić information content (AvgIpc) is 2.90. The number of unbranched alkanes of at least 4 members (excludes halogenated alkanes) is 1. The van der Waals surface area contributed by atoms with Crippen LogP contribution in [0.25, 0.3) is 0 Å². The van der Waals surface area contributed by atoms with Gasteiger partial charge in [-0.15, -0.1) is 11.3 Å². The molecule has 20 heavy (non-hydrogen) atoms. The predicted molar refractivity (Wildman–Crippen MR) is 83.3 cm³/mol. The first-order chi connectivity index (χ1) is 9.67. The van der Waals surface area contributed by atoms with Gasteiger partial charge < -0.3 is 5.11 Å². The Morgan fingerprint density at radius 3 is 3.00 bits per heavy atom. The number of thiophene rings is 1. The van der Waals surface area contributed by atoms with Crippen molar-refractivity contribution < 1.29 is 9.90 Å². The van der Waals surface area contributed by atoms with Crippen LogP contribution >= 0.6 is 11.3 Å². The lowest BCUT2D eigenvalue weighted by Crippen LogP contribution is -2.41. The summed E-state index contributed by atoms with van der Waals surface area (Å²) in [5.74, 6) is -0.0771. The zero-order valence-corrected chi connectivity index (χ0v) is 13.3. The second kappa shape index (κ2) is 7.23. The second-order valence-corrected chi connectivity index (χ2v) is 6.70. The van der Waals surface area contributed by atoms with Crippen LogP contribution in [0.5, 0.6) is 0 Å². The maximum Gasteiger partial charge on any atom is 0.325 e. The molecule has 0 bridgehead atoms. The molecule has 3 nitrogen and oxygen atoms in total. The van der Waals surface area contributed by atoms with Gasteiger partial charge in [-0.3, -0.25) is 9.69 Å². The third-order valence-electron chi connectivity index (χ3n) is 4.34. The van der Waals surface area contributed by atoms with E-state index in [1.165, 1.54) is 24.1 Å². The van der Waals surface area contributed by atoms with Gasteiger partial charge in [-0.05, 0) is 35.8 Å². The van der Waals surface area contributed by atoms with E-state index in [1.54, 1.807) is 11.3 Å². The number of carbonyl (C=O) groups is 1. The Balaban J connectivity index is 2.09. The van der Waals surface area contributed by atoms with Gasteiger partial charge in [0.2, 0.25) is 0 Å². The zero-order valence-electron chi connectivity index (χ0n) is 12.5. The minimum absolute atomic E-state index is 0.430. The molecule has 2 unspecified atom stereocenters. The van der Waals surface area contributed by atoms with Gasteiger partial charge in [-0.1, -0.05) is 33.1 Å². The Labute approximate surface area is 125 Å². The quantitative estimate of drug-likeness (QED) is 0.828. The van der Waals surface area contributed by atoms with Gasteiger partial charge in [0, 0.05) is 18.0 Å². The minimum Gasteiger partial charge on any atom is -0.480 e. The molecule has 0 saturated heterocycles. The maximum atomic E-state index is 11.7. The summed E-state index contributed by atoms with van der Waals surface area (Å²) in [6, 6.07) is 1.57. The molecule has 0 radical (unpaired) electrons. The molecule has 1 aromatic rings. The third kappa shape index (κ3) is 3.41. The van der Waals surface area contributed by atoms with Crippen LogP contribution in [-0.4, -0.2) is 29.1 Å². The van der Waals surface area contributed by atoms with Crippen molar-refractivity contribution >= 4 is 17.3 Å². The molecule has 0 saturated carbocycles. The third-order valence-corrected chi connectivity index (χ3v) is 5.33. The number of hydrogen-bond acceptors (Lipinski definition) is 3. The first-order valence-electron chi connectivity index (χ1n) is 7.70. The van der Waals surface area contributed by atoms with Crippen LogP contribution in [0.15, 0.2) is 11.4 Å². The Morgan fingerprint density at radius 2 is 2.35 bits per heavy atom. The molecule has 2 heterocycles. The number of nitrogens with zero attached hydrogens (tertiary/aromatic N) is 1. The molecule has 112 valence electrons. The van der Waals surface area contributed by atoms with Crippen molar-refractivity contribution in [3.63, 3.8) is 0 Å². The lowest BCUT2D eigenvalue weighted by Gasteiger charge is -2.35. The number of rotatable bonds is 7. The molecule has 4 heteroatoms. The van der Waals surface area contributed by atoms with Crippen molar-refractivity contribution in [3.8, 4) is 0 Å². The highest BCUT2D eigenvalue weighted by atomic mass is 32.1. The van der Waals surface area contributed by atoms with Gasteiger partial charge in [-0.25, -0.2) is 0 Å². The van der Waals surface area contributed by atoms with Crippen LogP contribution in [0.4, 0.5) is 0 Å². The van der Waals surface area contributed by atoms with Gasteiger partial charge in [0.05, 0.1) is 0 Å². The Morgan fingerprint density at radius 1 is 1.55 bits per heavy atom. The van der Waals surface area contributed by atoms with Crippen molar-refractivity contribution in [2.45, 2.75) is 52.0 Å². The number of aliphatic carboxylic acids is 1. The molecule has 1 aliphatic rings. The van der Waals surface area contributed by atoms with E-state index in [0.29, 0.717) is 5.92 Å². The van der Waals surface area contributed by atoms with E-state index in [9.17, 15) is 9.90 Å². The maximum absolute atomic E-state index is 11.7. The van der Waals surface area contributed by atoms with Crippen LogP contribution in [0.3, 0.4) is 0 Å². The minimum atomic E-state index is -0.699. The van der Waals surface area contributed by atoms with Crippen LogP contribution in [0.1, 0.15) is 56.0 Å². The summed E-state index contributed by atoms with van der Waals surface area (Å²) in [5, 5.41) is 11.6. The number of carboxylic acids is 1. The molecule has 0 spiro atoms. The number of carboxylic acid groups (broad SMARTS) is 1. The van der Waals surface area contributed by atoms with E-state index in [-0.39, 0.29) is 0 Å². The fraction of sp³-hybridized carbons (Fsp3) is 0.688. The first-order valence-corrected chi connectivity index (χ1v) is 8.58. The van der Waals surface area contributed by atoms with E-state index in [0.717, 1.165) is 31.5 Å². The van der Waals surface area contributed by atoms with Crippen molar-refractivity contribution in [2.75, 3.05) is 13.1 Å². The van der Waals surface area contributed by atoms with Crippen molar-refractivity contribution in [2.24, 2.45) is 5.92 Å². The molecule has 0 amide bonds.